The van der Waals surface area contributed by atoms with Gasteiger partial charge in [-0.25, -0.2) is 0 Å². The van der Waals surface area contributed by atoms with E-state index < -0.39 is 0 Å². The number of hydrogen-bond acceptors (Lipinski definition) is 3. The molecule has 0 nitrogen and oxygen atoms in total. The first-order chi connectivity index (χ1) is 2.81. The fourth-order valence-corrected chi connectivity index (χ4v) is 0.289. The Labute approximate surface area is 54.6 Å². The molecular formula is HB3S3. The van der Waals surface area contributed by atoms with E-state index in [1.807, 2.05) is 0 Å². The first-order valence-corrected chi connectivity index (χ1v) is 2.86. The van der Waals surface area contributed by atoms with Gasteiger partial charge in [0, 0.05) is 0 Å². The number of thiol groups is 1. The Hall–Kier alpha value is 0.985. The third-order valence-corrected chi connectivity index (χ3v) is 1.57. The fourth-order valence-electron chi connectivity index (χ4n) is 0.0321. The van der Waals surface area contributed by atoms with E-state index >= 15 is 0 Å². The van der Waals surface area contributed by atoms with E-state index in [2.05, 4.69) is 36.6 Å². The van der Waals surface area contributed by atoms with Crippen LogP contribution >= 0.6 is 36.6 Å². The van der Waals surface area contributed by atoms with Gasteiger partial charge in [0.15, 0.2) is 0 Å². The van der Waals surface area contributed by atoms with Crippen LogP contribution in [0.5, 0.6) is 0 Å². The molecule has 6 heavy (non-hydrogen) atoms. The van der Waals surface area contributed by atoms with Crippen LogP contribution in [-0.4, -0.2) is 17.9 Å². The van der Waals surface area contributed by atoms with E-state index in [0.717, 1.165) is 0 Å². The van der Waals surface area contributed by atoms with Gasteiger partial charge < -0.3 is 0 Å². The molecule has 0 aliphatic carbocycles. The normalized spacial score (nSPS) is 5.50. The van der Waals surface area contributed by atoms with Gasteiger partial charge >= 0.3 is 54.5 Å². The van der Waals surface area contributed by atoms with E-state index in [0.29, 0.717) is 0 Å². The molecule has 0 saturated heterocycles. The van der Waals surface area contributed by atoms with Gasteiger partial charge in [0.05, 0.1) is 0 Å². The van der Waals surface area contributed by atoms with Crippen LogP contribution in [0.1, 0.15) is 0 Å². The average Bonchev–Trinajstić information content (AvgIpc) is 1.65. The maximum absolute atomic E-state index is 4.47. The summed E-state index contributed by atoms with van der Waals surface area (Å²) in [6.07, 6.45) is 0. The zero-order valence-corrected chi connectivity index (χ0v) is 5.52. The first kappa shape index (κ1) is 6.98. The van der Waals surface area contributed by atoms with Crippen LogP contribution < -0.4 is 0 Å². The molecule has 0 N–H and O–H groups in total. The second-order valence-corrected chi connectivity index (χ2v) is 1.90. The molecule has 0 spiro atoms. The standard InChI is InChI=1S/B3HS3/c4-1-3(6)2-5/h6H. The molecule has 0 aromatic heterocycles. The number of rotatable bonds is 2. The summed E-state index contributed by atoms with van der Waals surface area (Å²) in [7, 11) is 0. The van der Waals surface area contributed by atoms with E-state index in [9.17, 15) is 0 Å². The minimum absolute atomic E-state index is 0.00926. The van der Waals surface area contributed by atoms with E-state index in [1.54, 1.807) is 0 Å². The van der Waals surface area contributed by atoms with Gasteiger partial charge in [-0.15, -0.1) is 0 Å². The molecule has 0 saturated carbocycles. The summed E-state index contributed by atoms with van der Waals surface area (Å²) in [5.41, 5.74) is 0. The van der Waals surface area contributed by atoms with Gasteiger partial charge in [-0.05, 0) is 0 Å². The summed E-state index contributed by atoms with van der Waals surface area (Å²) >= 11 is 12.9. The summed E-state index contributed by atoms with van der Waals surface area (Å²) in [5.74, 6) is 0.00926. The summed E-state index contributed by atoms with van der Waals surface area (Å²) < 4.78 is 0. The Morgan fingerprint density at radius 3 is 1.67 bits per heavy atom. The minimum atomic E-state index is 0.00926. The predicted molar refractivity (Wildman–Crippen MR) is 41.4 cm³/mol. The van der Waals surface area contributed by atoms with Crippen LogP contribution in [0.3, 0.4) is 0 Å². The fraction of sp³-hybridized carbons (Fsp3) is 0. The van der Waals surface area contributed by atoms with Crippen molar-refractivity contribution in [2.24, 2.45) is 0 Å². The van der Waals surface area contributed by atoms with Gasteiger partial charge in [0.25, 0.3) is 0 Å². The quantitative estimate of drug-likeness (QED) is 0.427. The Morgan fingerprint density at radius 1 is 1.33 bits per heavy atom. The second kappa shape index (κ2) is 4.15. The SMILES string of the molecule is S=BB(S)B=S. The molecule has 28 valence electrons. The summed E-state index contributed by atoms with van der Waals surface area (Å²) in [6, 6.07) is 3.02. The van der Waals surface area contributed by atoms with Gasteiger partial charge in [-0.3, -0.25) is 0 Å². The zero-order valence-electron chi connectivity index (χ0n) is 3.00. The summed E-state index contributed by atoms with van der Waals surface area (Å²) in [6.45, 7) is 0. The van der Waals surface area contributed by atoms with Crippen LogP contribution in [0.2, 0.25) is 0 Å². The molecule has 0 radical (unpaired) electrons. The third kappa shape index (κ3) is 3.19. The van der Waals surface area contributed by atoms with Crippen LogP contribution in [-0.2, 0) is 0 Å². The average molecular weight is 130 g/mol. The Morgan fingerprint density at radius 2 is 1.67 bits per heavy atom. The van der Waals surface area contributed by atoms with Crippen molar-refractivity contribution in [1.82, 2.24) is 0 Å². The van der Waals surface area contributed by atoms with Crippen LogP contribution in [0.15, 0.2) is 0 Å². The van der Waals surface area contributed by atoms with Crippen molar-refractivity contribution in [1.29, 1.82) is 0 Å². The van der Waals surface area contributed by atoms with Crippen LogP contribution in [0.25, 0.3) is 0 Å². The van der Waals surface area contributed by atoms with Crippen molar-refractivity contribution >= 4 is 54.5 Å². The maximum atomic E-state index is 4.47. The molecular weight excluding hydrogens is 129 g/mol. The monoisotopic (exact) mass is 130 g/mol. The second-order valence-electron chi connectivity index (χ2n) is 0.763. The zero-order chi connectivity index (χ0) is 4.99. The van der Waals surface area contributed by atoms with Crippen LogP contribution in [0.4, 0.5) is 0 Å². The molecule has 0 fully saturated rings. The molecule has 0 aliphatic rings. The summed E-state index contributed by atoms with van der Waals surface area (Å²) in [4.78, 5) is 0. The van der Waals surface area contributed by atoms with E-state index in [1.165, 1.54) is 12.1 Å². The summed E-state index contributed by atoms with van der Waals surface area (Å²) in [5, 5.41) is 0. The topological polar surface area (TPSA) is 0 Å². The van der Waals surface area contributed by atoms with Crippen molar-refractivity contribution in [3.05, 3.63) is 0 Å². The van der Waals surface area contributed by atoms with Gasteiger partial charge in [-0.1, -0.05) is 0 Å². The Balaban J connectivity index is 3.21. The predicted octanol–water partition coefficient (Wildman–Crippen LogP) is 0.534. The van der Waals surface area contributed by atoms with Crippen molar-refractivity contribution in [2.45, 2.75) is 0 Å². The molecule has 0 bridgehead atoms. The van der Waals surface area contributed by atoms with Gasteiger partial charge in [0.2, 0.25) is 0 Å². The number of hydrogen-bond donors (Lipinski definition) is 1. The van der Waals surface area contributed by atoms with Crippen molar-refractivity contribution in [3.8, 4) is 0 Å². The molecule has 0 heterocycles. The third-order valence-electron chi connectivity index (χ3n) is 0.279. The van der Waals surface area contributed by atoms with Crippen molar-refractivity contribution in [3.63, 3.8) is 0 Å². The Bertz CT molecular complexity index is 51.1. The molecule has 0 atom stereocenters. The van der Waals surface area contributed by atoms with Gasteiger partial charge in [-0.2, -0.15) is 0 Å². The van der Waals surface area contributed by atoms with Crippen molar-refractivity contribution < 1.29 is 0 Å². The Kier molecular flexibility index (Phi) is 4.83. The molecule has 0 unspecified atom stereocenters. The van der Waals surface area contributed by atoms with Gasteiger partial charge in [0.1, 0.15) is 0 Å². The first-order valence-electron chi connectivity index (χ1n) is 1.40. The van der Waals surface area contributed by atoms with E-state index in [-0.39, 0.29) is 5.77 Å². The van der Waals surface area contributed by atoms with Crippen LogP contribution in [0, 0.1) is 0 Å². The van der Waals surface area contributed by atoms with E-state index in [4.69, 9.17) is 0 Å². The molecule has 0 amide bonds. The molecule has 0 aliphatic heterocycles. The van der Waals surface area contributed by atoms with Crippen molar-refractivity contribution in [2.75, 3.05) is 0 Å². The molecule has 0 aromatic carbocycles. The molecule has 0 aromatic rings. The molecule has 0 rings (SSSR count). The molecule has 6 heteroatoms.